The summed E-state index contributed by atoms with van der Waals surface area (Å²) >= 11 is 0. The maximum atomic E-state index is 12.9. The number of carbonyl (C=O) groups excluding carboxylic acids is 1. The van der Waals surface area contributed by atoms with E-state index >= 15 is 0 Å². The molecule has 1 aliphatic carbocycles. The molecular formula is C16H20F3N5O2S. The molecule has 0 aromatic carbocycles. The number of anilines is 1. The second kappa shape index (κ2) is 6.82. The van der Waals surface area contributed by atoms with E-state index in [4.69, 9.17) is 0 Å². The number of aromatic nitrogens is 2. The summed E-state index contributed by atoms with van der Waals surface area (Å²) in [7, 11) is -1.24. The molecule has 1 amide bonds. The number of nitrogens with one attached hydrogen (secondary N) is 1. The van der Waals surface area contributed by atoms with Gasteiger partial charge >= 0.3 is 6.18 Å². The van der Waals surface area contributed by atoms with Crippen molar-refractivity contribution in [1.82, 2.24) is 15.1 Å². The van der Waals surface area contributed by atoms with E-state index in [2.05, 4.69) is 16.5 Å². The molecule has 1 N–H and O–H groups in total. The molecule has 2 aliphatic rings. The van der Waals surface area contributed by atoms with Gasteiger partial charge in [0.15, 0.2) is 0 Å². The van der Waals surface area contributed by atoms with Crippen molar-refractivity contribution in [1.29, 1.82) is 5.26 Å². The Morgan fingerprint density at radius 1 is 1.52 bits per heavy atom. The van der Waals surface area contributed by atoms with Crippen molar-refractivity contribution in [3.8, 4) is 6.07 Å². The van der Waals surface area contributed by atoms with E-state index in [0.717, 1.165) is 4.68 Å². The molecule has 0 spiro atoms. The van der Waals surface area contributed by atoms with Crippen molar-refractivity contribution < 1.29 is 22.2 Å². The maximum Gasteiger partial charge on any atom is 0.408 e. The summed E-state index contributed by atoms with van der Waals surface area (Å²) in [6.07, 6.45) is -1.60. The van der Waals surface area contributed by atoms with E-state index in [0.29, 0.717) is 18.5 Å². The zero-order valence-electron chi connectivity index (χ0n) is 14.9. The fourth-order valence-corrected chi connectivity index (χ4v) is 4.12. The van der Waals surface area contributed by atoms with Crippen molar-refractivity contribution in [2.75, 3.05) is 17.7 Å². The minimum atomic E-state index is -4.46. The first-order valence-electron chi connectivity index (χ1n) is 8.47. The Kier molecular flexibility index (Phi) is 4.96. The molecule has 7 nitrogen and oxygen atoms in total. The number of nitrogens with zero attached hydrogens (tertiary/aromatic N) is 4. The third-order valence-electron chi connectivity index (χ3n) is 4.87. The third kappa shape index (κ3) is 4.26. The number of hydrogen-bond donors (Lipinski definition) is 1. The lowest BCUT2D eigenvalue weighted by atomic mass is 10.1. The van der Waals surface area contributed by atoms with Gasteiger partial charge in [0.2, 0.25) is 5.91 Å². The predicted molar refractivity (Wildman–Crippen MR) is 92.3 cm³/mol. The average molecular weight is 403 g/mol. The Morgan fingerprint density at radius 2 is 2.19 bits per heavy atom. The van der Waals surface area contributed by atoms with Crippen LogP contribution in [0.25, 0.3) is 0 Å². The molecule has 3 atom stereocenters. The van der Waals surface area contributed by atoms with Crippen molar-refractivity contribution in [2.45, 2.75) is 55.7 Å². The number of halogens is 3. The molecule has 1 saturated heterocycles. The van der Waals surface area contributed by atoms with Crippen LogP contribution < -0.4 is 10.2 Å². The van der Waals surface area contributed by atoms with E-state index in [1.54, 1.807) is 6.92 Å². The summed E-state index contributed by atoms with van der Waals surface area (Å²) in [4.78, 5) is 14.3. The third-order valence-corrected chi connectivity index (χ3v) is 6.15. The van der Waals surface area contributed by atoms with Gasteiger partial charge in [0.05, 0.1) is 17.0 Å². The van der Waals surface area contributed by atoms with E-state index in [1.807, 2.05) is 0 Å². The summed E-state index contributed by atoms with van der Waals surface area (Å²) in [5.41, 5.74) is -0.487. The first kappa shape index (κ1) is 19.7. The lowest BCUT2D eigenvalue weighted by molar-refractivity contribution is -0.142. The zero-order valence-corrected chi connectivity index (χ0v) is 15.7. The summed E-state index contributed by atoms with van der Waals surface area (Å²) in [5, 5.41) is 15.4. The Labute approximate surface area is 157 Å². The largest absolute Gasteiger partial charge is 0.408 e. The summed E-state index contributed by atoms with van der Waals surface area (Å²) in [5.74, 6) is -0.265. The second-order valence-corrected chi connectivity index (χ2v) is 8.79. The molecule has 1 aromatic heterocycles. The smallest absolute Gasteiger partial charge is 0.344 e. The Bertz CT molecular complexity index is 812. The molecule has 27 heavy (non-hydrogen) atoms. The minimum absolute atomic E-state index is 0.166. The van der Waals surface area contributed by atoms with Crippen molar-refractivity contribution in [2.24, 2.45) is 0 Å². The molecule has 0 radical (unpaired) electrons. The fourth-order valence-electron chi connectivity index (χ4n) is 3.30. The minimum Gasteiger partial charge on any atom is -0.344 e. The molecule has 1 aliphatic heterocycles. The Hall–Kier alpha value is -2.09. The average Bonchev–Trinajstić information content (AvgIpc) is 3.02. The van der Waals surface area contributed by atoms with E-state index in [1.165, 1.54) is 17.2 Å². The highest BCUT2D eigenvalue weighted by atomic mass is 32.2. The van der Waals surface area contributed by atoms with Gasteiger partial charge in [-0.15, -0.1) is 0 Å². The van der Waals surface area contributed by atoms with Crippen molar-refractivity contribution in [3.05, 3.63) is 11.8 Å². The molecule has 3 rings (SSSR count). The number of rotatable bonds is 5. The van der Waals surface area contributed by atoms with Gasteiger partial charge < -0.3 is 10.2 Å². The highest BCUT2D eigenvalue weighted by Gasteiger charge is 2.48. The van der Waals surface area contributed by atoms with Crippen LogP contribution in [0.15, 0.2) is 6.07 Å². The van der Waals surface area contributed by atoms with E-state index in [-0.39, 0.29) is 24.0 Å². The van der Waals surface area contributed by atoms with Crippen LogP contribution in [-0.2, 0) is 22.1 Å². The van der Waals surface area contributed by atoms with Gasteiger partial charge in [0, 0.05) is 29.7 Å². The van der Waals surface area contributed by atoms with Gasteiger partial charge in [-0.2, -0.15) is 23.5 Å². The molecule has 11 heteroatoms. The summed E-state index contributed by atoms with van der Waals surface area (Å²) < 4.78 is 51.5. The van der Waals surface area contributed by atoms with Gasteiger partial charge in [-0.25, -0.2) is 4.68 Å². The molecule has 2 heterocycles. The topological polar surface area (TPSA) is 91.0 Å². The van der Waals surface area contributed by atoms with E-state index in [9.17, 15) is 27.4 Å². The van der Waals surface area contributed by atoms with Gasteiger partial charge in [-0.05, 0) is 26.2 Å². The van der Waals surface area contributed by atoms with Crippen LogP contribution in [0.2, 0.25) is 0 Å². The van der Waals surface area contributed by atoms with Gasteiger partial charge in [0.1, 0.15) is 23.9 Å². The monoisotopic (exact) mass is 403 g/mol. The Balaban J connectivity index is 1.90. The Morgan fingerprint density at radius 3 is 2.70 bits per heavy atom. The van der Waals surface area contributed by atoms with Crippen LogP contribution in [0.5, 0.6) is 0 Å². The fraction of sp³-hybridized carbons (Fsp3) is 0.688. The number of alkyl halides is 3. The summed E-state index contributed by atoms with van der Waals surface area (Å²) in [6, 6.07) is 2.76. The standard InChI is InChI=1S/C16H20F3N5O2S/c1-10-5-13(24(22-10)9-16(17,18)19)23-7-11(27(2)26)6-12(23)14(25)21-15(8-20)3-4-15/h5,11-12H,3-4,6-7,9H2,1-2H3,(H,21,25)/t11-,12+,27?/m1/s1. The van der Waals surface area contributed by atoms with Crippen LogP contribution in [0.3, 0.4) is 0 Å². The van der Waals surface area contributed by atoms with E-state index < -0.39 is 41.0 Å². The number of amides is 1. The lowest BCUT2D eigenvalue weighted by Gasteiger charge is -2.27. The SMILES string of the molecule is Cc1cc(N2C[C@H](S(C)=O)C[C@H]2C(=O)NC2(C#N)CC2)n(CC(F)(F)F)n1. The number of nitriles is 1. The highest BCUT2D eigenvalue weighted by molar-refractivity contribution is 7.84. The van der Waals surface area contributed by atoms with Crippen LogP contribution >= 0.6 is 0 Å². The molecule has 0 bridgehead atoms. The van der Waals surface area contributed by atoms with Gasteiger partial charge in [-0.1, -0.05) is 0 Å². The highest BCUT2D eigenvalue weighted by Crippen LogP contribution is 2.36. The normalized spacial score (nSPS) is 25.1. The molecular weight excluding hydrogens is 383 g/mol. The molecule has 1 unspecified atom stereocenters. The predicted octanol–water partition coefficient (Wildman–Crippen LogP) is 1.25. The van der Waals surface area contributed by atoms with Crippen LogP contribution in [0.1, 0.15) is 25.0 Å². The maximum absolute atomic E-state index is 12.9. The molecule has 1 saturated carbocycles. The summed E-state index contributed by atoms with van der Waals surface area (Å²) in [6.45, 7) is 0.485. The van der Waals surface area contributed by atoms with Crippen LogP contribution in [-0.4, -0.2) is 55.7 Å². The van der Waals surface area contributed by atoms with Crippen molar-refractivity contribution in [3.63, 3.8) is 0 Å². The molecule has 148 valence electrons. The molecule has 1 aromatic rings. The lowest BCUT2D eigenvalue weighted by Crippen LogP contribution is -2.48. The molecule has 2 fully saturated rings. The van der Waals surface area contributed by atoms with Gasteiger partial charge in [-0.3, -0.25) is 9.00 Å². The first-order valence-corrected chi connectivity index (χ1v) is 10.1. The van der Waals surface area contributed by atoms with Gasteiger partial charge in [0.25, 0.3) is 0 Å². The number of aryl methyl sites for hydroxylation is 1. The first-order chi connectivity index (χ1) is 12.5. The van der Waals surface area contributed by atoms with Crippen molar-refractivity contribution >= 4 is 22.5 Å². The number of carbonyl (C=O) groups is 1. The zero-order chi connectivity index (χ0) is 20.0. The second-order valence-electron chi connectivity index (χ2n) is 7.12. The van der Waals surface area contributed by atoms with Crippen LogP contribution in [0.4, 0.5) is 19.0 Å². The quantitative estimate of drug-likeness (QED) is 0.799. The van der Waals surface area contributed by atoms with Crippen LogP contribution in [0, 0.1) is 18.3 Å². The number of hydrogen-bond acceptors (Lipinski definition) is 5.